The summed E-state index contributed by atoms with van der Waals surface area (Å²) in [5.74, 6) is 1.05. The van der Waals surface area contributed by atoms with Gasteiger partial charge in [0.2, 0.25) is 0 Å². The molecule has 0 saturated heterocycles. The van der Waals surface area contributed by atoms with Gasteiger partial charge < -0.3 is 14.6 Å². The summed E-state index contributed by atoms with van der Waals surface area (Å²) in [4.78, 5) is 12.9. The highest BCUT2D eigenvalue weighted by Gasteiger charge is 2.22. The molecule has 0 aliphatic carbocycles. The lowest BCUT2D eigenvalue weighted by atomic mass is 10.1. The van der Waals surface area contributed by atoms with E-state index in [9.17, 15) is 4.79 Å². The van der Waals surface area contributed by atoms with Crippen LogP contribution in [0.5, 0.6) is 5.75 Å². The van der Waals surface area contributed by atoms with Gasteiger partial charge in [0, 0.05) is 6.20 Å². The van der Waals surface area contributed by atoms with Crippen LogP contribution in [0.2, 0.25) is 5.02 Å². The molecule has 4 rings (SSSR count). The SMILES string of the molecule is Cc1cccc(Cn2cc(Cl)c(NC(=O)c3noc(C)c3COc3ccc(C)cc3C)n2)c1. The van der Waals surface area contributed by atoms with E-state index in [1.54, 1.807) is 17.8 Å². The lowest BCUT2D eigenvalue weighted by Crippen LogP contribution is -2.16. The summed E-state index contributed by atoms with van der Waals surface area (Å²) in [6, 6.07) is 14.0. The zero-order chi connectivity index (χ0) is 23.5. The minimum absolute atomic E-state index is 0.140. The van der Waals surface area contributed by atoms with Crippen LogP contribution in [0, 0.1) is 27.7 Å². The number of ether oxygens (including phenoxy) is 1. The van der Waals surface area contributed by atoms with E-state index < -0.39 is 5.91 Å². The van der Waals surface area contributed by atoms with Gasteiger partial charge in [-0.3, -0.25) is 9.48 Å². The largest absolute Gasteiger partial charge is 0.488 e. The normalized spacial score (nSPS) is 10.9. The molecule has 1 N–H and O–H groups in total. The van der Waals surface area contributed by atoms with E-state index in [4.69, 9.17) is 20.9 Å². The minimum Gasteiger partial charge on any atom is -0.488 e. The molecular formula is C25H25ClN4O3. The summed E-state index contributed by atoms with van der Waals surface area (Å²) in [5, 5.41) is 11.4. The number of rotatable bonds is 7. The number of benzene rings is 2. The van der Waals surface area contributed by atoms with E-state index in [0.717, 1.165) is 28.0 Å². The van der Waals surface area contributed by atoms with Gasteiger partial charge in [-0.15, -0.1) is 0 Å². The summed E-state index contributed by atoms with van der Waals surface area (Å²) in [5.41, 5.74) is 5.13. The second-order valence-electron chi connectivity index (χ2n) is 8.09. The highest BCUT2D eigenvalue weighted by Crippen LogP contribution is 2.24. The molecule has 0 bridgehead atoms. The molecule has 2 aromatic carbocycles. The van der Waals surface area contributed by atoms with Crippen LogP contribution in [0.4, 0.5) is 5.82 Å². The predicted octanol–water partition coefficient (Wildman–Crippen LogP) is 5.64. The van der Waals surface area contributed by atoms with Crippen LogP contribution in [0.25, 0.3) is 0 Å². The Hall–Kier alpha value is -3.58. The number of nitrogens with zero attached hydrogens (tertiary/aromatic N) is 3. The quantitative estimate of drug-likeness (QED) is 0.383. The first-order valence-electron chi connectivity index (χ1n) is 10.5. The second kappa shape index (κ2) is 9.50. The Morgan fingerprint density at radius 3 is 2.67 bits per heavy atom. The van der Waals surface area contributed by atoms with E-state index in [2.05, 4.69) is 21.6 Å². The molecule has 2 heterocycles. The van der Waals surface area contributed by atoms with Crippen LogP contribution in [-0.2, 0) is 13.2 Å². The van der Waals surface area contributed by atoms with Gasteiger partial charge in [-0.05, 0) is 44.9 Å². The molecule has 0 radical (unpaired) electrons. The van der Waals surface area contributed by atoms with E-state index >= 15 is 0 Å². The van der Waals surface area contributed by atoms with Gasteiger partial charge >= 0.3 is 0 Å². The van der Waals surface area contributed by atoms with Crippen LogP contribution < -0.4 is 10.1 Å². The van der Waals surface area contributed by atoms with Crippen LogP contribution in [0.1, 0.15) is 44.1 Å². The van der Waals surface area contributed by atoms with E-state index in [1.165, 1.54) is 0 Å². The minimum atomic E-state index is -0.464. The lowest BCUT2D eigenvalue weighted by molar-refractivity contribution is 0.101. The van der Waals surface area contributed by atoms with Crippen molar-refractivity contribution in [3.8, 4) is 5.75 Å². The van der Waals surface area contributed by atoms with E-state index in [-0.39, 0.29) is 18.1 Å². The summed E-state index contributed by atoms with van der Waals surface area (Å²) >= 11 is 6.32. The maximum Gasteiger partial charge on any atom is 0.279 e. The molecule has 0 aliphatic rings. The van der Waals surface area contributed by atoms with Crippen molar-refractivity contribution in [1.82, 2.24) is 14.9 Å². The molecule has 1 amide bonds. The van der Waals surface area contributed by atoms with Gasteiger partial charge in [-0.25, -0.2) is 0 Å². The number of aromatic nitrogens is 3. The summed E-state index contributed by atoms with van der Waals surface area (Å²) in [7, 11) is 0. The molecule has 7 nitrogen and oxygen atoms in total. The topological polar surface area (TPSA) is 82.2 Å². The highest BCUT2D eigenvalue weighted by molar-refractivity contribution is 6.33. The number of carbonyl (C=O) groups excluding carboxylic acids is 1. The molecule has 0 fully saturated rings. The van der Waals surface area contributed by atoms with Crippen molar-refractivity contribution in [2.75, 3.05) is 5.32 Å². The summed E-state index contributed by atoms with van der Waals surface area (Å²) in [6.45, 7) is 8.47. The van der Waals surface area contributed by atoms with Crippen LogP contribution >= 0.6 is 11.6 Å². The van der Waals surface area contributed by atoms with Gasteiger partial charge in [-0.2, -0.15) is 5.10 Å². The summed E-state index contributed by atoms with van der Waals surface area (Å²) in [6.07, 6.45) is 1.68. The van der Waals surface area contributed by atoms with Gasteiger partial charge in [0.1, 0.15) is 23.1 Å². The fraction of sp³-hybridized carbons (Fsp3) is 0.240. The van der Waals surface area contributed by atoms with Crippen molar-refractivity contribution in [1.29, 1.82) is 0 Å². The monoisotopic (exact) mass is 464 g/mol. The van der Waals surface area contributed by atoms with Crippen molar-refractivity contribution in [3.63, 3.8) is 0 Å². The molecule has 2 aromatic heterocycles. The molecule has 8 heteroatoms. The first-order chi connectivity index (χ1) is 15.8. The molecule has 0 unspecified atom stereocenters. The third-order valence-electron chi connectivity index (χ3n) is 5.28. The Balaban J connectivity index is 1.47. The number of halogens is 1. The number of anilines is 1. The maximum atomic E-state index is 12.9. The Morgan fingerprint density at radius 1 is 1.12 bits per heavy atom. The van der Waals surface area contributed by atoms with Gasteiger partial charge in [-0.1, -0.05) is 64.3 Å². The van der Waals surface area contributed by atoms with Crippen LogP contribution in [-0.4, -0.2) is 20.8 Å². The molecule has 0 atom stereocenters. The van der Waals surface area contributed by atoms with Crippen molar-refractivity contribution < 1.29 is 14.1 Å². The molecule has 33 heavy (non-hydrogen) atoms. The first kappa shape index (κ1) is 22.6. The number of amides is 1. The van der Waals surface area contributed by atoms with Gasteiger partial charge in [0.15, 0.2) is 11.5 Å². The lowest BCUT2D eigenvalue weighted by Gasteiger charge is -2.10. The predicted molar refractivity (Wildman–Crippen MR) is 127 cm³/mol. The zero-order valence-corrected chi connectivity index (χ0v) is 19.7. The first-order valence-corrected chi connectivity index (χ1v) is 10.9. The molecule has 4 aromatic rings. The van der Waals surface area contributed by atoms with E-state index in [1.807, 2.05) is 57.2 Å². The second-order valence-corrected chi connectivity index (χ2v) is 8.50. The van der Waals surface area contributed by atoms with Gasteiger partial charge in [0.05, 0.1) is 12.1 Å². The standard InChI is InChI=1S/C25H25ClN4O3/c1-15-6-5-7-19(11-15)12-30-13-21(26)24(28-30)27-25(31)23-20(18(4)33-29-23)14-32-22-9-8-16(2)10-17(22)3/h5-11,13H,12,14H2,1-4H3,(H,27,28,31). The van der Waals surface area contributed by atoms with Gasteiger partial charge in [0.25, 0.3) is 5.91 Å². The molecule has 170 valence electrons. The Labute approximate surface area is 197 Å². The summed E-state index contributed by atoms with van der Waals surface area (Å²) < 4.78 is 12.9. The Morgan fingerprint density at radius 2 is 1.91 bits per heavy atom. The average Bonchev–Trinajstić information content (AvgIpc) is 3.29. The Bertz CT molecular complexity index is 1310. The van der Waals surface area contributed by atoms with Crippen molar-refractivity contribution in [2.45, 2.75) is 40.8 Å². The number of aryl methyl sites for hydroxylation is 4. The van der Waals surface area contributed by atoms with Crippen molar-refractivity contribution in [2.24, 2.45) is 0 Å². The molecule has 0 spiro atoms. The van der Waals surface area contributed by atoms with Crippen molar-refractivity contribution >= 4 is 23.3 Å². The molecule has 0 saturated carbocycles. The number of hydrogen-bond donors (Lipinski definition) is 1. The number of carbonyl (C=O) groups is 1. The third kappa shape index (κ3) is 5.26. The van der Waals surface area contributed by atoms with Crippen molar-refractivity contribution in [3.05, 3.63) is 93.0 Å². The molecular weight excluding hydrogens is 440 g/mol. The smallest absolute Gasteiger partial charge is 0.279 e. The third-order valence-corrected chi connectivity index (χ3v) is 5.55. The fourth-order valence-corrected chi connectivity index (χ4v) is 3.78. The average molecular weight is 465 g/mol. The zero-order valence-electron chi connectivity index (χ0n) is 19.0. The number of hydrogen-bond acceptors (Lipinski definition) is 5. The van der Waals surface area contributed by atoms with Crippen LogP contribution in [0.3, 0.4) is 0 Å². The van der Waals surface area contributed by atoms with Crippen LogP contribution in [0.15, 0.2) is 53.2 Å². The fourth-order valence-electron chi connectivity index (χ4n) is 3.58. The molecule has 0 aliphatic heterocycles. The van der Waals surface area contributed by atoms with E-state index in [0.29, 0.717) is 22.9 Å². The number of nitrogens with one attached hydrogen (secondary N) is 1. The highest BCUT2D eigenvalue weighted by atomic mass is 35.5. The Kier molecular flexibility index (Phi) is 6.51. The maximum absolute atomic E-state index is 12.9.